The fourth-order valence-corrected chi connectivity index (χ4v) is 3.00. The molecule has 3 aromatic rings. The summed E-state index contributed by atoms with van der Waals surface area (Å²) < 4.78 is 5.81. The first kappa shape index (κ1) is 13.0. The molecular weight excluding hydrogens is 276 g/mol. The van der Waals surface area contributed by atoms with E-state index in [9.17, 15) is 4.79 Å². The van der Waals surface area contributed by atoms with Crippen LogP contribution in [0.4, 0.5) is 0 Å². The van der Waals surface area contributed by atoms with Crippen molar-refractivity contribution in [2.45, 2.75) is 11.7 Å². The van der Waals surface area contributed by atoms with E-state index >= 15 is 0 Å². The number of fused-ring (bicyclic) bond motifs is 1. The van der Waals surface area contributed by atoms with E-state index in [1.165, 1.54) is 0 Å². The van der Waals surface area contributed by atoms with Crippen LogP contribution >= 0.6 is 0 Å². The van der Waals surface area contributed by atoms with E-state index in [4.69, 9.17) is 10.5 Å². The standard InChI is InChI=1S/C18H14N2O2/c19-17(21)18(15-10-3-4-11-20-15)16(22-18)14-9-5-7-12-6-1-2-8-13(12)14/h1-11,16H,(H2,19,21)/t16-,18+/m0/s1. The van der Waals surface area contributed by atoms with Crippen LogP contribution in [0.2, 0.25) is 0 Å². The van der Waals surface area contributed by atoms with Gasteiger partial charge in [0.2, 0.25) is 5.60 Å². The summed E-state index contributed by atoms with van der Waals surface area (Å²) in [6.45, 7) is 0. The fourth-order valence-electron chi connectivity index (χ4n) is 3.00. The summed E-state index contributed by atoms with van der Waals surface area (Å²) in [5, 5.41) is 2.17. The molecule has 4 nitrogen and oxygen atoms in total. The summed E-state index contributed by atoms with van der Waals surface area (Å²) in [7, 11) is 0. The molecule has 1 aromatic heterocycles. The maximum atomic E-state index is 12.1. The van der Waals surface area contributed by atoms with Gasteiger partial charge in [-0.25, -0.2) is 0 Å². The van der Waals surface area contributed by atoms with Crippen molar-refractivity contribution in [1.82, 2.24) is 4.98 Å². The summed E-state index contributed by atoms with van der Waals surface area (Å²) >= 11 is 0. The Hall–Kier alpha value is -2.72. The van der Waals surface area contributed by atoms with Gasteiger partial charge < -0.3 is 10.5 Å². The van der Waals surface area contributed by atoms with Crippen LogP contribution in [0, 0.1) is 0 Å². The van der Waals surface area contributed by atoms with Crippen molar-refractivity contribution in [3.05, 3.63) is 78.1 Å². The molecule has 108 valence electrons. The molecule has 0 saturated carbocycles. The van der Waals surface area contributed by atoms with Crippen LogP contribution in [-0.2, 0) is 15.1 Å². The van der Waals surface area contributed by atoms with Gasteiger partial charge in [0.1, 0.15) is 6.10 Å². The van der Waals surface area contributed by atoms with Crippen LogP contribution in [-0.4, -0.2) is 10.9 Å². The van der Waals surface area contributed by atoms with E-state index in [2.05, 4.69) is 4.98 Å². The van der Waals surface area contributed by atoms with E-state index in [-0.39, 0.29) is 0 Å². The van der Waals surface area contributed by atoms with Crippen LogP contribution in [0.5, 0.6) is 0 Å². The molecule has 2 aromatic carbocycles. The number of epoxide rings is 1. The molecule has 2 atom stereocenters. The van der Waals surface area contributed by atoms with Crippen molar-refractivity contribution < 1.29 is 9.53 Å². The van der Waals surface area contributed by atoms with Gasteiger partial charge in [0.05, 0.1) is 5.69 Å². The number of ether oxygens (including phenoxy) is 1. The average molecular weight is 290 g/mol. The second-order valence-corrected chi connectivity index (χ2v) is 5.38. The molecule has 0 bridgehead atoms. The highest BCUT2D eigenvalue weighted by molar-refractivity contribution is 5.92. The van der Waals surface area contributed by atoms with E-state index < -0.39 is 17.6 Å². The normalized spacial score (nSPS) is 23.4. The Morgan fingerprint density at radius 3 is 2.59 bits per heavy atom. The van der Waals surface area contributed by atoms with Gasteiger partial charge in [-0.1, -0.05) is 48.5 Å². The molecule has 0 aliphatic carbocycles. The van der Waals surface area contributed by atoms with Crippen molar-refractivity contribution in [2.75, 3.05) is 0 Å². The number of nitrogens with two attached hydrogens (primary N) is 1. The molecule has 1 saturated heterocycles. The van der Waals surface area contributed by atoms with E-state index in [1.807, 2.05) is 48.5 Å². The number of benzene rings is 2. The number of hydrogen-bond acceptors (Lipinski definition) is 3. The molecule has 4 heteroatoms. The van der Waals surface area contributed by atoms with Crippen LogP contribution in [0.15, 0.2) is 66.9 Å². The van der Waals surface area contributed by atoms with Crippen molar-refractivity contribution in [3.8, 4) is 0 Å². The Morgan fingerprint density at radius 2 is 1.82 bits per heavy atom. The van der Waals surface area contributed by atoms with Crippen LogP contribution in [0.1, 0.15) is 17.4 Å². The topological polar surface area (TPSA) is 68.5 Å². The largest absolute Gasteiger partial charge is 0.367 e. The van der Waals surface area contributed by atoms with Gasteiger partial charge in [-0.2, -0.15) is 0 Å². The Kier molecular flexibility index (Phi) is 2.74. The predicted molar refractivity (Wildman–Crippen MR) is 82.9 cm³/mol. The SMILES string of the molecule is NC(=O)[C@]1(c2ccccn2)O[C@H]1c1cccc2ccccc12. The molecule has 1 amide bonds. The molecule has 0 spiro atoms. The van der Waals surface area contributed by atoms with E-state index in [0.717, 1.165) is 16.3 Å². The zero-order chi connectivity index (χ0) is 15.2. The Balaban J connectivity index is 1.86. The van der Waals surface area contributed by atoms with Gasteiger partial charge in [-0.3, -0.25) is 9.78 Å². The van der Waals surface area contributed by atoms with Crippen molar-refractivity contribution in [2.24, 2.45) is 5.73 Å². The Bertz CT molecular complexity index is 858. The lowest BCUT2D eigenvalue weighted by Crippen LogP contribution is -2.31. The lowest BCUT2D eigenvalue weighted by atomic mass is 9.92. The van der Waals surface area contributed by atoms with Gasteiger partial charge in [-0.05, 0) is 28.5 Å². The number of rotatable bonds is 3. The first-order valence-electron chi connectivity index (χ1n) is 7.10. The van der Waals surface area contributed by atoms with Crippen LogP contribution in [0.3, 0.4) is 0 Å². The monoisotopic (exact) mass is 290 g/mol. The van der Waals surface area contributed by atoms with Crippen molar-refractivity contribution >= 4 is 16.7 Å². The summed E-state index contributed by atoms with van der Waals surface area (Å²) in [6.07, 6.45) is 1.24. The summed E-state index contributed by atoms with van der Waals surface area (Å²) in [5.74, 6) is -0.510. The molecule has 1 aliphatic heterocycles. The maximum Gasteiger partial charge on any atom is 0.259 e. The minimum Gasteiger partial charge on any atom is -0.367 e. The van der Waals surface area contributed by atoms with Crippen LogP contribution in [0.25, 0.3) is 10.8 Å². The number of primary amides is 1. The minimum absolute atomic E-state index is 0.397. The fraction of sp³-hybridized carbons (Fsp3) is 0.111. The summed E-state index contributed by atoms with van der Waals surface area (Å²) in [4.78, 5) is 16.3. The number of pyridine rings is 1. The van der Waals surface area contributed by atoms with Gasteiger partial charge in [0.25, 0.3) is 5.91 Å². The predicted octanol–water partition coefficient (Wildman–Crippen LogP) is 2.69. The zero-order valence-electron chi connectivity index (χ0n) is 11.8. The molecule has 1 fully saturated rings. The average Bonchev–Trinajstić information content (AvgIpc) is 3.32. The number of hydrogen-bond donors (Lipinski definition) is 1. The molecule has 4 rings (SSSR count). The molecule has 1 aliphatic rings. The maximum absolute atomic E-state index is 12.1. The molecule has 22 heavy (non-hydrogen) atoms. The molecule has 2 heterocycles. The lowest BCUT2D eigenvalue weighted by molar-refractivity contribution is -0.123. The quantitative estimate of drug-likeness (QED) is 0.754. The highest BCUT2D eigenvalue weighted by Crippen LogP contribution is 2.57. The zero-order valence-corrected chi connectivity index (χ0v) is 11.8. The van der Waals surface area contributed by atoms with Crippen LogP contribution < -0.4 is 5.73 Å². The van der Waals surface area contributed by atoms with Crippen molar-refractivity contribution in [3.63, 3.8) is 0 Å². The first-order chi connectivity index (χ1) is 10.7. The summed E-state index contributed by atoms with van der Waals surface area (Å²) in [6, 6.07) is 19.4. The number of carbonyl (C=O) groups excluding carboxylic acids is 1. The number of nitrogens with zero attached hydrogens (tertiary/aromatic N) is 1. The lowest BCUT2D eigenvalue weighted by Gasteiger charge is -2.09. The second-order valence-electron chi connectivity index (χ2n) is 5.38. The second kappa shape index (κ2) is 4.64. The molecule has 0 radical (unpaired) electrons. The number of aromatic nitrogens is 1. The Labute approximate surface area is 127 Å². The third-order valence-electron chi connectivity index (χ3n) is 4.13. The third-order valence-corrected chi connectivity index (χ3v) is 4.13. The Morgan fingerprint density at radius 1 is 1.05 bits per heavy atom. The van der Waals surface area contributed by atoms with Gasteiger partial charge in [0.15, 0.2) is 0 Å². The van der Waals surface area contributed by atoms with Crippen molar-refractivity contribution in [1.29, 1.82) is 0 Å². The third kappa shape index (κ3) is 1.74. The number of amides is 1. The minimum atomic E-state index is -1.16. The van der Waals surface area contributed by atoms with Gasteiger partial charge >= 0.3 is 0 Å². The smallest absolute Gasteiger partial charge is 0.259 e. The summed E-state index contributed by atoms with van der Waals surface area (Å²) in [5.41, 5.74) is 5.99. The molecule has 0 unspecified atom stereocenters. The van der Waals surface area contributed by atoms with Gasteiger partial charge in [0, 0.05) is 6.20 Å². The highest BCUT2D eigenvalue weighted by Gasteiger charge is 2.65. The van der Waals surface area contributed by atoms with Gasteiger partial charge in [-0.15, -0.1) is 0 Å². The molecule has 2 N–H and O–H groups in total. The number of carbonyl (C=O) groups is 1. The van der Waals surface area contributed by atoms with E-state index in [0.29, 0.717) is 5.69 Å². The first-order valence-corrected chi connectivity index (χ1v) is 7.10. The molecular formula is C18H14N2O2. The highest BCUT2D eigenvalue weighted by atomic mass is 16.6. The van der Waals surface area contributed by atoms with E-state index in [1.54, 1.807) is 18.3 Å².